The van der Waals surface area contributed by atoms with E-state index in [1.54, 1.807) is 11.8 Å². The number of benzene rings is 1. The molecule has 0 spiro atoms. The predicted molar refractivity (Wildman–Crippen MR) is 81.8 cm³/mol. The number of hydrogen-bond acceptors (Lipinski definition) is 3. The monoisotopic (exact) mass is 292 g/mol. The second-order valence-corrected chi connectivity index (χ2v) is 6.12. The molecule has 1 saturated heterocycles. The second-order valence-electron chi connectivity index (χ2n) is 5.14. The fourth-order valence-electron chi connectivity index (χ4n) is 2.30. The van der Waals surface area contributed by atoms with Gasteiger partial charge >= 0.3 is 6.03 Å². The van der Waals surface area contributed by atoms with Gasteiger partial charge in [-0.3, -0.25) is 9.69 Å². The Morgan fingerprint density at radius 2 is 2.05 bits per heavy atom. The number of aryl methyl sites for hydroxylation is 2. The normalized spacial score (nSPS) is 18.6. The standard InChI is InChI=1S/C15H20N2O2S/c1-10-4-5-11(2)12(8-10)9-17-14(18)13(6-7-20-3)16-15(17)19/h4-5,8,13H,6-7,9H2,1-3H3,(H,16,19). The van der Waals surface area contributed by atoms with Crippen molar-refractivity contribution in [3.8, 4) is 0 Å². The quantitative estimate of drug-likeness (QED) is 0.848. The average molecular weight is 292 g/mol. The lowest BCUT2D eigenvalue weighted by Crippen LogP contribution is -2.31. The summed E-state index contributed by atoms with van der Waals surface area (Å²) in [5.74, 6) is 0.763. The fraction of sp³-hybridized carbons (Fsp3) is 0.467. The Hall–Kier alpha value is -1.49. The maximum atomic E-state index is 12.3. The molecule has 0 bridgehead atoms. The highest BCUT2D eigenvalue weighted by atomic mass is 32.2. The highest BCUT2D eigenvalue weighted by Crippen LogP contribution is 2.18. The lowest BCUT2D eigenvalue weighted by molar-refractivity contribution is -0.127. The molecule has 4 nitrogen and oxygen atoms in total. The van der Waals surface area contributed by atoms with Crippen molar-refractivity contribution in [1.82, 2.24) is 10.2 Å². The molecule has 1 atom stereocenters. The Morgan fingerprint density at radius 1 is 1.30 bits per heavy atom. The number of imide groups is 1. The van der Waals surface area contributed by atoms with E-state index in [9.17, 15) is 9.59 Å². The summed E-state index contributed by atoms with van der Waals surface area (Å²) in [5.41, 5.74) is 3.26. The molecule has 20 heavy (non-hydrogen) atoms. The predicted octanol–water partition coefficient (Wildman–Crippen LogP) is 2.48. The third-order valence-corrected chi connectivity index (χ3v) is 4.19. The van der Waals surface area contributed by atoms with Crippen LogP contribution in [0.2, 0.25) is 0 Å². The molecule has 1 aromatic rings. The molecule has 1 N–H and O–H groups in total. The van der Waals surface area contributed by atoms with E-state index in [1.807, 2.05) is 38.3 Å². The molecular weight excluding hydrogens is 272 g/mol. The summed E-state index contributed by atoms with van der Waals surface area (Å²) in [6.45, 7) is 4.36. The lowest BCUT2D eigenvalue weighted by atomic mass is 10.1. The number of carbonyl (C=O) groups is 2. The fourth-order valence-corrected chi connectivity index (χ4v) is 2.77. The van der Waals surface area contributed by atoms with Gasteiger partial charge in [0.05, 0.1) is 6.54 Å². The van der Waals surface area contributed by atoms with Crippen LogP contribution in [0.5, 0.6) is 0 Å². The van der Waals surface area contributed by atoms with Crippen LogP contribution in [0.4, 0.5) is 4.79 Å². The first-order valence-electron chi connectivity index (χ1n) is 6.70. The van der Waals surface area contributed by atoms with Crippen molar-refractivity contribution in [2.75, 3.05) is 12.0 Å². The number of nitrogens with zero attached hydrogens (tertiary/aromatic N) is 1. The molecule has 0 radical (unpaired) electrons. The van der Waals surface area contributed by atoms with Crippen molar-refractivity contribution in [1.29, 1.82) is 0 Å². The van der Waals surface area contributed by atoms with Gasteiger partial charge in [0.1, 0.15) is 6.04 Å². The zero-order valence-corrected chi connectivity index (χ0v) is 12.9. The van der Waals surface area contributed by atoms with Crippen molar-refractivity contribution in [2.45, 2.75) is 32.9 Å². The Labute approximate surface area is 123 Å². The molecule has 108 valence electrons. The van der Waals surface area contributed by atoms with Crippen LogP contribution in [0.25, 0.3) is 0 Å². The maximum Gasteiger partial charge on any atom is 0.325 e. The number of thioether (sulfide) groups is 1. The highest BCUT2D eigenvalue weighted by molar-refractivity contribution is 7.98. The van der Waals surface area contributed by atoms with Crippen LogP contribution in [0.15, 0.2) is 18.2 Å². The summed E-state index contributed by atoms with van der Waals surface area (Å²) in [5, 5.41) is 2.77. The van der Waals surface area contributed by atoms with Crippen LogP contribution in [0.1, 0.15) is 23.1 Å². The van der Waals surface area contributed by atoms with Gasteiger partial charge in [-0.1, -0.05) is 23.8 Å². The first-order chi connectivity index (χ1) is 9.52. The van der Waals surface area contributed by atoms with Crippen molar-refractivity contribution < 1.29 is 9.59 Å². The van der Waals surface area contributed by atoms with Crippen LogP contribution in [0.3, 0.4) is 0 Å². The Kier molecular flexibility index (Phi) is 4.70. The molecule has 0 aromatic heterocycles. The number of hydrogen-bond donors (Lipinski definition) is 1. The molecule has 1 aliphatic heterocycles. The summed E-state index contributed by atoms with van der Waals surface area (Å²) in [6.07, 6.45) is 2.68. The third-order valence-electron chi connectivity index (χ3n) is 3.55. The first kappa shape index (κ1) is 14.9. The van der Waals surface area contributed by atoms with Gasteiger partial charge in [-0.05, 0) is 43.4 Å². The van der Waals surface area contributed by atoms with E-state index in [2.05, 4.69) is 5.32 Å². The van der Waals surface area contributed by atoms with Gasteiger partial charge < -0.3 is 5.32 Å². The molecule has 0 saturated carbocycles. The average Bonchev–Trinajstić information content (AvgIpc) is 2.68. The topological polar surface area (TPSA) is 49.4 Å². The van der Waals surface area contributed by atoms with E-state index < -0.39 is 0 Å². The molecule has 5 heteroatoms. The van der Waals surface area contributed by atoms with E-state index in [4.69, 9.17) is 0 Å². The third kappa shape index (κ3) is 3.15. The minimum atomic E-state index is -0.361. The largest absolute Gasteiger partial charge is 0.326 e. The Balaban J connectivity index is 2.11. The van der Waals surface area contributed by atoms with Crippen molar-refractivity contribution >= 4 is 23.7 Å². The number of rotatable bonds is 5. The number of nitrogens with one attached hydrogen (secondary N) is 1. The SMILES string of the molecule is CSCCC1NC(=O)N(Cc2cc(C)ccc2C)C1=O. The van der Waals surface area contributed by atoms with Crippen LogP contribution in [-0.4, -0.2) is 34.9 Å². The molecule has 1 aromatic carbocycles. The van der Waals surface area contributed by atoms with Crippen LogP contribution in [-0.2, 0) is 11.3 Å². The second kappa shape index (κ2) is 6.31. The summed E-state index contributed by atoms with van der Waals surface area (Å²) >= 11 is 1.68. The molecule has 0 aliphatic carbocycles. The zero-order chi connectivity index (χ0) is 14.7. The summed E-state index contributed by atoms with van der Waals surface area (Å²) in [4.78, 5) is 25.5. The van der Waals surface area contributed by atoms with Crippen molar-refractivity contribution in [3.05, 3.63) is 34.9 Å². The van der Waals surface area contributed by atoms with E-state index in [0.29, 0.717) is 13.0 Å². The van der Waals surface area contributed by atoms with Crippen molar-refractivity contribution in [3.63, 3.8) is 0 Å². The molecule has 1 aliphatic rings. The molecule has 2 rings (SSSR count). The van der Waals surface area contributed by atoms with E-state index >= 15 is 0 Å². The number of amides is 3. The van der Waals surface area contributed by atoms with Crippen molar-refractivity contribution in [2.24, 2.45) is 0 Å². The van der Waals surface area contributed by atoms with Gasteiger partial charge in [-0.2, -0.15) is 11.8 Å². The molecule has 1 heterocycles. The van der Waals surface area contributed by atoms with Crippen LogP contribution in [0, 0.1) is 13.8 Å². The molecular formula is C15H20N2O2S. The lowest BCUT2D eigenvalue weighted by Gasteiger charge is -2.15. The molecule has 3 amide bonds. The zero-order valence-electron chi connectivity index (χ0n) is 12.1. The van der Waals surface area contributed by atoms with E-state index in [0.717, 1.165) is 22.4 Å². The molecule has 1 unspecified atom stereocenters. The summed E-state index contributed by atoms with van der Waals surface area (Å²) < 4.78 is 0. The number of urea groups is 1. The first-order valence-corrected chi connectivity index (χ1v) is 8.09. The smallest absolute Gasteiger partial charge is 0.325 e. The van der Waals surface area contributed by atoms with Gasteiger partial charge in [0, 0.05) is 0 Å². The Morgan fingerprint density at radius 3 is 2.75 bits per heavy atom. The van der Waals surface area contributed by atoms with E-state index in [-0.39, 0.29) is 18.0 Å². The van der Waals surface area contributed by atoms with Gasteiger partial charge in [0.25, 0.3) is 5.91 Å². The van der Waals surface area contributed by atoms with Gasteiger partial charge in [0.2, 0.25) is 0 Å². The van der Waals surface area contributed by atoms with Gasteiger partial charge in [-0.25, -0.2) is 4.79 Å². The van der Waals surface area contributed by atoms with Gasteiger partial charge in [-0.15, -0.1) is 0 Å². The highest BCUT2D eigenvalue weighted by Gasteiger charge is 2.37. The van der Waals surface area contributed by atoms with Crippen LogP contribution < -0.4 is 5.32 Å². The minimum Gasteiger partial charge on any atom is -0.326 e. The minimum absolute atomic E-state index is 0.107. The summed E-state index contributed by atoms with van der Waals surface area (Å²) in [6, 6.07) is 5.45. The summed E-state index contributed by atoms with van der Waals surface area (Å²) in [7, 11) is 0. The Bertz CT molecular complexity index is 531. The van der Waals surface area contributed by atoms with Gasteiger partial charge in [0.15, 0.2) is 0 Å². The molecule has 1 fully saturated rings. The van der Waals surface area contributed by atoms with E-state index in [1.165, 1.54) is 4.90 Å². The maximum absolute atomic E-state index is 12.3. The van der Waals surface area contributed by atoms with Crippen LogP contribution >= 0.6 is 11.8 Å². The number of carbonyl (C=O) groups excluding carboxylic acids is 2.